The number of fused-ring (bicyclic) bond motifs is 3. The number of hydrogen-bond acceptors (Lipinski definition) is 1. The van der Waals surface area contributed by atoms with Crippen LogP contribution in [0.4, 0.5) is 0 Å². The van der Waals surface area contributed by atoms with E-state index in [1.165, 1.54) is 27.8 Å². The highest BCUT2D eigenvalue weighted by molar-refractivity contribution is 5.78. The van der Waals surface area contributed by atoms with Gasteiger partial charge in [-0.05, 0) is 35.6 Å². The molecule has 1 aliphatic carbocycles. The lowest BCUT2D eigenvalue weighted by Gasteiger charge is -2.28. The molecule has 0 spiro atoms. The third-order valence-electron chi connectivity index (χ3n) is 3.69. The number of benzene rings is 2. The van der Waals surface area contributed by atoms with Gasteiger partial charge in [-0.15, -0.1) is 0 Å². The van der Waals surface area contributed by atoms with Gasteiger partial charge in [0.15, 0.2) is 0 Å². The minimum atomic E-state index is 0.0248. The van der Waals surface area contributed by atoms with Crippen molar-refractivity contribution >= 4 is 5.91 Å². The van der Waals surface area contributed by atoms with Crippen molar-refractivity contribution in [2.75, 3.05) is 0 Å². The number of amides is 1. The molecule has 96 valence electrons. The van der Waals surface area contributed by atoms with Crippen molar-refractivity contribution < 1.29 is 4.79 Å². The average Bonchev–Trinajstić information content (AvgIpc) is 2.38. The highest BCUT2D eigenvalue weighted by Crippen LogP contribution is 2.38. The van der Waals surface area contributed by atoms with Crippen LogP contribution in [0.1, 0.15) is 29.7 Å². The lowest BCUT2D eigenvalue weighted by Crippen LogP contribution is -2.30. The fourth-order valence-corrected chi connectivity index (χ4v) is 2.88. The summed E-state index contributed by atoms with van der Waals surface area (Å²) in [5.41, 5.74) is 6.30. The highest BCUT2D eigenvalue weighted by atomic mass is 16.1. The third kappa shape index (κ3) is 2.14. The molecule has 1 N–H and O–H groups in total. The van der Waals surface area contributed by atoms with E-state index in [4.69, 9.17) is 0 Å². The number of carbonyl (C=O) groups is 1. The van der Waals surface area contributed by atoms with Crippen molar-refractivity contribution in [3.63, 3.8) is 0 Å². The van der Waals surface area contributed by atoms with E-state index in [0.29, 0.717) is 0 Å². The first kappa shape index (κ1) is 12.0. The van der Waals surface area contributed by atoms with Gasteiger partial charge in [0.2, 0.25) is 5.91 Å². The van der Waals surface area contributed by atoms with E-state index in [0.717, 1.165) is 6.42 Å². The van der Waals surface area contributed by atoms with E-state index >= 15 is 0 Å². The van der Waals surface area contributed by atoms with Crippen molar-refractivity contribution in [3.8, 4) is 11.1 Å². The molecule has 0 aromatic heterocycles. The molecule has 0 saturated heterocycles. The van der Waals surface area contributed by atoms with Gasteiger partial charge in [0.05, 0.1) is 6.04 Å². The van der Waals surface area contributed by atoms with E-state index in [1.54, 1.807) is 6.92 Å². The zero-order valence-corrected chi connectivity index (χ0v) is 11.2. The summed E-state index contributed by atoms with van der Waals surface area (Å²) >= 11 is 0. The van der Waals surface area contributed by atoms with Gasteiger partial charge >= 0.3 is 0 Å². The Labute approximate surface area is 113 Å². The first-order valence-electron chi connectivity index (χ1n) is 6.61. The van der Waals surface area contributed by atoms with Crippen LogP contribution in [-0.2, 0) is 11.2 Å². The third-order valence-corrected chi connectivity index (χ3v) is 3.69. The summed E-state index contributed by atoms with van der Waals surface area (Å²) in [5, 5.41) is 3.07. The van der Waals surface area contributed by atoms with Gasteiger partial charge < -0.3 is 5.32 Å². The Morgan fingerprint density at radius 1 is 1.16 bits per heavy atom. The van der Waals surface area contributed by atoms with E-state index in [-0.39, 0.29) is 11.9 Å². The lowest BCUT2D eigenvalue weighted by molar-refractivity contribution is -0.119. The highest BCUT2D eigenvalue weighted by Gasteiger charge is 2.24. The molecule has 0 unspecified atom stereocenters. The molecule has 0 fully saturated rings. The predicted molar refractivity (Wildman–Crippen MR) is 76.9 cm³/mol. The number of hydrogen-bond donors (Lipinski definition) is 1. The molecular weight excluding hydrogens is 234 g/mol. The molecule has 0 aliphatic heterocycles. The summed E-state index contributed by atoms with van der Waals surface area (Å²) in [6, 6.07) is 15.0. The average molecular weight is 251 g/mol. The monoisotopic (exact) mass is 251 g/mol. The summed E-state index contributed by atoms with van der Waals surface area (Å²) < 4.78 is 0. The molecule has 2 heteroatoms. The zero-order chi connectivity index (χ0) is 13.4. The van der Waals surface area contributed by atoms with Crippen LogP contribution in [0.25, 0.3) is 11.1 Å². The van der Waals surface area contributed by atoms with E-state index < -0.39 is 0 Å². The molecule has 1 amide bonds. The molecule has 2 nitrogen and oxygen atoms in total. The molecule has 2 aromatic carbocycles. The van der Waals surface area contributed by atoms with Crippen LogP contribution in [0.2, 0.25) is 0 Å². The maximum Gasteiger partial charge on any atom is 0.217 e. The van der Waals surface area contributed by atoms with Gasteiger partial charge in [-0.3, -0.25) is 4.79 Å². The second-order valence-electron chi connectivity index (χ2n) is 5.21. The summed E-state index contributed by atoms with van der Waals surface area (Å²) in [7, 11) is 0. The number of rotatable bonds is 1. The van der Waals surface area contributed by atoms with Crippen molar-refractivity contribution in [1.29, 1.82) is 0 Å². The summed E-state index contributed by atoms with van der Waals surface area (Å²) in [6.45, 7) is 3.67. The van der Waals surface area contributed by atoms with Gasteiger partial charge in [-0.25, -0.2) is 0 Å². The van der Waals surface area contributed by atoms with Gasteiger partial charge in [-0.1, -0.05) is 48.0 Å². The largest absolute Gasteiger partial charge is 0.349 e. The molecule has 0 saturated carbocycles. The van der Waals surface area contributed by atoms with Crippen LogP contribution in [-0.4, -0.2) is 5.91 Å². The summed E-state index contributed by atoms with van der Waals surface area (Å²) in [5.74, 6) is 0.0248. The molecule has 1 aliphatic rings. The Morgan fingerprint density at radius 2 is 1.95 bits per heavy atom. The molecule has 1 atom stereocenters. The molecule has 19 heavy (non-hydrogen) atoms. The Hall–Kier alpha value is -2.09. The van der Waals surface area contributed by atoms with Crippen LogP contribution < -0.4 is 5.32 Å². The Kier molecular flexibility index (Phi) is 2.86. The van der Waals surface area contributed by atoms with Crippen LogP contribution in [0.15, 0.2) is 42.5 Å². The topological polar surface area (TPSA) is 29.1 Å². The van der Waals surface area contributed by atoms with E-state index in [9.17, 15) is 4.79 Å². The fraction of sp³-hybridized carbons (Fsp3) is 0.235. The Balaban J connectivity index is 2.16. The van der Waals surface area contributed by atoms with Crippen molar-refractivity contribution in [3.05, 3.63) is 59.2 Å². The van der Waals surface area contributed by atoms with Crippen LogP contribution in [0.5, 0.6) is 0 Å². The Morgan fingerprint density at radius 3 is 2.74 bits per heavy atom. The first-order chi connectivity index (χ1) is 9.15. The standard InChI is InChI=1S/C17H17NO/c1-11-7-8-15-14-6-4-3-5-13(14)10-17(16(15)9-11)18-12(2)19/h3-9,17H,10H2,1-2H3,(H,18,19)/t17-/m0/s1. The summed E-state index contributed by atoms with van der Waals surface area (Å²) in [4.78, 5) is 11.4. The Bertz CT molecular complexity index is 645. The number of aryl methyl sites for hydroxylation is 1. The number of nitrogens with one attached hydrogen (secondary N) is 1. The van der Waals surface area contributed by atoms with Crippen molar-refractivity contribution in [2.24, 2.45) is 0 Å². The minimum Gasteiger partial charge on any atom is -0.349 e. The molecule has 0 heterocycles. The fourth-order valence-electron chi connectivity index (χ4n) is 2.88. The normalized spacial score (nSPS) is 16.4. The maximum atomic E-state index is 11.4. The van der Waals surface area contributed by atoms with Crippen molar-refractivity contribution in [2.45, 2.75) is 26.3 Å². The lowest BCUT2D eigenvalue weighted by atomic mass is 9.82. The zero-order valence-electron chi connectivity index (χ0n) is 11.2. The van der Waals surface area contributed by atoms with Gasteiger partial charge in [-0.2, -0.15) is 0 Å². The van der Waals surface area contributed by atoms with Crippen LogP contribution in [0.3, 0.4) is 0 Å². The van der Waals surface area contributed by atoms with Crippen molar-refractivity contribution in [1.82, 2.24) is 5.32 Å². The minimum absolute atomic E-state index is 0.0248. The van der Waals surface area contributed by atoms with E-state index in [2.05, 4.69) is 54.7 Å². The quantitative estimate of drug-likeness (QED) is 0.827. The van der Waals surface area contributed by atoms with Gasteiger partial charge in [0.25, 0.3) is 0 Å². The molecule has 2 aromatic rings. The first-order valence-corrected chi connectivity index (χ1v) is 6.61. The maximum absolute atomic E-state index is 11.4. The smallest absolute Gasteiger partial charge is 0.217 e. The second kappa shape index (κ2) is 4.54. The van der Waals surface area contributed by atoms with Gasteiger partial charge in [0.1, 0.15) is 0 Å². The summed E-state index contributed by atoms with van der Waals surface area (Å²) in [6.07, 6.45) is 0.867. The molecule has 3 rings (SSSR count). The molecular formula is C17H17NO. The predicted octanol–water partition coefficient (Wildman–Crippen LogP) is 3.40. The van der Waals surface area contributed by atoms with Crippen LogP contribution in [0, 0.1) is 6.92 Å². The number of carbonyl (C=O) groups excluding carboxylic acids is 1. The second-order valence-corrected chi connectivity index (χ2v) is 5.21. The SMILES string of the molecule is CC(=O)N[C@H]1Cc2ccccc2-c2ccc(C)cc21. The van der Waals surface area contributed by atoms with Gasteiger partial charge in [0, 0.05) is 6.92 Å². The molecule has 0 bridgehead atoms. The molecule has 0 radical (unpaired) electrons. The van der Waals surface area contributed by atoms with Crippen LogP contribution >= 0.6 is 0 Å². The van der Waals surface area contributed by atoms with E-state index in [1.807, 2.05) is 0 Å².